The minimum absolute atomic E-state index is 0.0109. The number of unbranched alkanes of at least 4 members (excludes halogenated alkanes) is 8. The van der Waals surface area contributed by atoms with Gasteiger partial charge in [-0.2, -0.15) is 10.5 Å². The summed E-state index contributed by atoms with van der Waals surface area (Å²) in [4.78, 5) is 53.9. The number of nitrogens with zero attached hydrogens (tertiary/aromatic N) is 8. The molecule has 302 valence electrons. The molecule has 0 amide bonds. The molecule has 0 atom stereocenters. The Morgan fingerprint density at radius 3 is 1.41 bits per heavy atom. The molecule has 4 aromatic rings. The Kier molecular flexibility index (Phi) is 15.7. The number of carbonyl (C=O) groups excluding carboxylic acids is 2. The molecule has 0 aliphatic carbocycles. The highest BCUT2D eigenvalue weighted by molar-refractivity contribution is 5.95. The molecule has 2 aromatic carbocycles. The molecule has 0 saturated carbocycles. The van der Waals surface area contributed by atoms with Gasteiger partial charge < -0.3 is 19.7 Å². The van der Waals surface area contributed by atoms with Crippen molar-refractivity contribution in [2.45, 2.75) is 91.1 Å². The molecule has 2 heterocycles. The van der Waals surface area contributed by atoms with E-state index in [0.29, 0.717) is 12.8 Å². The molecule has 58 heavy (non-hydrogen) atoms. The van der Waals surface area contributed by atoms with Gasteiger partial charge in [-0.25, -0.2) is 9.59 Å². The number of carbonyl (C=O) groups is 2. The number of nitriles is 2. The smallest absolute Gasteiger partial charge is 0.340 e. The molecule has 4 rings (SSSR count). The Balaban J connectivity index is 1.95. The molecule has 0 radical (unpaired) electrons. The maximum Gasteiger partial charge on any atom is 0.340 e. The van der Waals surface area contributed by atoms with Crippen LogP contribution in [0.5, 0.6) is 11.8 Å². The molecule has 2 N–H and O–H groups in total. The van der Waals surface area contributed by atoms with Gasteiger partial charge in [0.15, 0.2) is 23.1 Å². The Hall–Kier alpha value is -6.94. The van der Waals surface area contributed by atoms with Crippen LogP contribution < -0.4 is 11.1 Å². The minimum Gasteiger partial charge on any atom is -0.494 e. The number of aromatic nitrogens is 2. The second-order valence-electron chi connectivity index (χ2n) is 13.4. The SMILES string of the molecule is CCCCCCCCCCCC(n1c(O)c(C)c(C#N)c(N=Nc2ccccc2C(=O)OC)c1=O)n1c(O)c(C)c(C#N)c(N=Nc2ccccc2C(=O)OC)c1=O. The van der Waals surface area contributed by atoms with Crippen LogP contribution >= 0.6 is 0 Å². The fourth-order valence-corrected chi connectivity index (χ4v) is 6.49. The molecule has 0 aliphatic rings. The number of aromatic hydroxyl groups is 2. The summed E-state index contributed by atoms with van der Waals surface area (Å²) in [6.45, 7) is 4.91. The second kappa shape index (κ2) is 20.8. The van der Waals surface area contributed by atoms with E-state index < -0.39 is 52.4 Å². The van der Waals surface area contributed by atoms with Gasteiger partial charge in [-0.1, -0.05) is 82.6 Å². The van der Waals surface area contributed by atoms with Gasteiger partial charge in [0, 0.05) is 11.1 Å². The van der Waals surface area contributed by atoms with Gasteiger partial charge in [0.2, 0.25) is 0 Å². The van der Waals surface area contributed by atoms with Crippen LogP contribution in [0.2, 0.25) is 0 Å². The van der Waals surface area contributed by atoms with E-state index in [4.69, 9.17) is 9.47 Å². The maximum atomic E-state index is 14.5. The third-order valence-corrected chi connectivity index (χ3v) is 9.71. The average Bonchev–Trinajstić information content (AvgIpc) is 3.24. The van der Waals surface area contributed by atoms with Crippen molar-refractivity contribution in [2.24, 2.45) is 20.5 Å². The lowest BCUT2D eigenvalue weighted by molar-refractivity contribution is 0.0592. The van der Waals surface area contributed by atoms with Gasteiger partial charge in [0.1, 0.15) is 29.7 Å². The summed E-state index contributed by atoms with van der Waals surface area (Å²) in [7, 11) is 2.38. The van der Waals surface area contributed by atoms with Gasteiger partial charge in [-0.15, -0.1) is 20.5 Å². The predicted octanol–water partition coefficient (Wildman–Crippen LogP) is 9.15. The molecule has 0 bridgehead atoms. The Morgan fingerprint density at radius 2 is 1.03 bits per heavy atom. The van der Waals surface area contributed by atoms with Crippen LogP contribution in [0.4, 0.5) is 22.7 Å². The Morgan fingerprint density at radius 1 is 0.655 bits per heavy atom. The lowest BCUT2D eigenvalue weighted by Crippen LogP contribution is -2.36. The Bertz CT molecular complexity index is 2260. The van der Waals surface area contributed by atoms with Crippen LogP contribution in [0.15, 0.2) is 78.6 Å². The molecule has 0 aliphatic heterocycles. The van der Waals surface area contributed by atoms with E-state index in [9.17, 15) is 39.9 Å². The number of esters is 2. The van der Waals surface area contributed by atoms with Crippen molar-refractivity contribution in [1.82, 2.24) is 9.13 Å². The topological polar surface area (TPSA) is 234 Å². The number of ether oxygens (including phenoxy) is 2. The first-order valence-corrected chi connectivity index (χ1v) is 18.9. The lowest BCUT2D eigenvalue weighted by Gasteiger charge is -2.27. The molecule has 2 aromatic heterocycles. The zero-order chi connectivity index (χ0) is 42.4. The van der Waals surface area contributed by atoms with Crippen LogP contribution in [0, 0.1) is 36.5 Å². The number of methoxy groups -OCH3 is 2. The van der Waals surface area contributed by atoms with Gasteiger partial charge in [-0.05, 0) is 51.0 Å². The fraction of sp³-hybridized carbons (Fsp3) is 0.381. The molecular weight excluding hydrogens is 745 g/mol. The number of hydrogen-bond donors (Lipinski definition) is 2. The highest BCUT2D eigenvalue weighted by atomic mass is 16.5. The second-order valence-corrected chi connectivity index (χ2v) is 13.4. The first kappa shape index (κ1) is 43.8. The number of hydrogen-bond acceptors (Lipinski definition) is 14. The molecule has 0 saturated heterocycles. The van der Waals surface area contributed by atoms with Crippen molar-refractivity contribution < 1.29 is 29.3 Å². The summed E-state index contributed by atoms with van der Waals surface area (Å²) in [5.41, 5.74) is -3.75. The van der Waals surface area contributed by atoms with Crippen LogP contribution in [0.3, 0.4) is 0 Å². The standard InChI is InChI=1S/C42H46N8O8/c1-6-7-8-9-10-11-12-13-14-23-34(49-37(51)26(2)30(24-43)35(39(49)53)47-45-32-21-17-15-19-28(32)41(55)57-4)50-38(52)27(3)31(25-44)36(40(50)54)48-46-33-22-18-16-20-29(33)42(56)58-5/h15-22,34,51-52H,6-14,23H2,1-5H3. The van der Waals surface area contributed by atoms with Gasteiger partial charge in [-0.3, -0.25) is 18.7 Å². The largest absolute Gasteiger partial charge is 0.494 e. The van der Waals surface area contributed by atoms with E-state index in [1.165, 1.54) is 58.8 Å². The van der Waals surface area contributed by atoms with Crippen molar-refractivity contribution in [3.05, 3.63) is 103 Å². The van der Waals surface area contributed by atoms with E-state index in [2.05, 4.69) is 27.4 Å². The normalized spacial score (nSPS) is 11.7. The van der Waals surface area contributed by atoms with Gasteiger partial charge in [0.05, 0.1) is 36.5 Å². The van der Waals surface area contributed by atoms with Crippen molar-refractivity contribution in [3.8, 4) is 23.9 Å². The summed E-state index contributed by atoms with van der Waals surface area (Å²) >= 11 is 0. The molecule has 0 spiro atoms. The minimum atomic E-state index is -1.45. The van der Waals surface area contributed by atoms with Crippen LogP contribution in [0.1, 0.15) is 120 Å². The van der Waals surface area contributed by atoms with Crippen molar-refractivity contribution in [2.75, 3.05) is 14.2 Å². The molecular formula is C42H46N8O8. The quantitative estimate of drug-likeness (QED) is 0.0550. The zero-order valence-corrected chi connectivity index (χ0v) is 33.2. The van der Waals surface area contributed by atoms with Gasteiger partial charge in [0.25, 0.3) is 11.1 Å². The molecule has 0 unspecified atom stereocenters. The molecule has 0 fully saturated rings. The van der Waals surface area contributed by atoms with E-state index in [1.54, 1.807) is 24.3 Å². The van der Waals surface area contributed by atoms with Crippen LogP contribution in [-0.2, 0) is 9.47 Å². The van der Waals surface area contributed by atoms with Crippen molar-refractivity contribution in [1.29, 1.82) is 10.5 Å². The summed E-state index contributed by atoms with van der Waals surface area (Å²) in [5, 5.41) is 60.0. The molecule has 16 nitrogen and oxygen atoms in total. The number of azo groups is 2. The highest BCUT2D eigenvalue weighted by Crippen LogP contribution is 2.36. The van der Waals surface area contributed by atoms with Gasteiger partial charge >= 0.3 is 11.9 Å². The third-order valence-electron chi connectivity index (χ3n) is 9.71. The first-order valence-electron chi connectivity index (χ1n) is 18.9. The fourth-order valence-electron chi connectivity index (χ4n) is 6.49. The zero-order valence-electron chi connectivity index (χ0n) is 33.2. The third kappa shape index (κ3) is 9.70. The summed E-state index contributed by atoms with van der Waals surface area (Å²) in [6, 6.07) is 15.9. The van der Waals surface area contributed by atoms with E-state index in [0.717, 1.165) is 47.7 Å². The number of pyridine rings is 2. The van der Waals surface area contributed by atoms with Crippen LogP contribution in [0.25, 0.3) is 0 Å². The average molecular weight is 791 g/mol. The van der Waals surface area contributed by atoms with E-state index >= 15 is 0 Å². The first-order chi connectivity index (χ1) is 28.0. The number of benzene rings is 2. The number of rotatable bonds is 18. The predicted molar refractivity (Wildman–Crippen MR) is 214 cm³/mol. The lowest BCUT2D eigenvalue weighted by atomic mass is 10.0. The van der Waals surface area contributed by atoms with Crippen molar-refractivity contribution in [3.63, 3.8) is 0 Å². The van der Waals surface area contributed by atoms with E-state index in [1.807, 2.05) is 12.1 Å². The van der Waals surface area contributed by atoms with Crippen LogP contribution in [-0.4, -0.2) is 45.5 Å². The summed E-state index contributed by atoms with van der Waals surface area (Å²) in [6.07, 6.45) is 7.09. The monoisotopic (exact) mass is 790 g/mol. The van der Waals surface area contributed by atoms with Crippen molar-refractivity contribution >= 4 is 34.7 Å². The van der Waals surface area contributed by atoms with E-state index in [-0.39, 0.29) is 51.2 Å². The summed E-state index contributed by atoms with van der Waals surface area (Å²) < 4.78 is 11.4. The maximum absolute atomic E-state index is 14.5. The molecule has 16 heteroatoms. The Labute approximate surface area is 335 Å². The summed E-state index contributed by atoms with van der Waals surface area (Å²) in [5.74, 6) is -2.80. The highest BCUT2D eigenvalue weighted by Gasteiger charge is 2.31.